The molecule has 0 bridgehead atoms. The molecule has 3 aromatic rings. The minimum absolute atomic E-state index is 0.159. The molecule has 124 valence electrons. The predicted molar refractivity (Wildman–Crippen MR) is 88.2 cm³/mol. The highest BCUT2D eigenvalue weighted by molar-refractivity contribution is 7.89. The van der Waals surface area contributed by atoms with Gasteiger partial charge in [0.1, 0.15) is 17.7 Å². The molecule has 3 rings (SSSR count). The summed E-state index contributed by atoms with van der Waals surface area (Å²) < 4.78 is 42.9. The molecule has 1 N–H and O–H groups in total. The minimum atomic E-state index is -3.76. The van der Waals surface area contributed by atoms with Crippen molar-refractivity contribution in [3.8, 4) is 0 Å². The number of rotatable bonds is 5. The van der Waals surface area contributed by atoms with E-state index in [2.05, 4.69) is 9.71 Å². The van der Waals surface area contributed by atoms with Gasteiger partial charge in [-0.2, -0.15) is 4.72 Å². The molecule has 5 nitrogen and oxygen atoms in total. The predicted octanol–water partition coefficient (Wildman–Crippen LogP) is 2.63. The first kappa shape index (κ1) is 16.4. The Balaban J connectivity index is 2.03. The minimum Gasteiger partial charge on any atom is -0.336 e. The molecule has 0 radical (unpaired) electrons. The van der Waals surface area contributed by atoms with E-state index in [1.54, 1.807) is 54.3 Å². The topological polar surface area (TPSA) is 64.0 Å². The second kappa shape index (κ2) is 6.54. The number of nitrogens with zero attached hydrogens (tertiary/aromatic N) is 2. The van der Waals surface area contributed by atoms with Crippen LogP contribution in [0.2, 0.25) is 0 Å². The Hall–Kier alpha value is -2.51. The third-order valence-electron chi connectivity index (χ3n) is 3.65. The molecular formula is C17H16FN3O2S. The van der Waals surface area contributed by atoms with Crippen LogP contribution in [0.15, 0.2) is 71.9 Å². The average molecular weight is 345 g/mol. The highest BCUT2D eigenvalue weighted by Gasteiger charge is 2.25. The van der Waals surface area contributed by atoms with E-state index in [0.29, 0.717) is 11.4 Å². The van der Waals surface area contributed by atoms with Gasteiger partial charge in [0.2, 0.25) is 10.0 Å². The van der Waals surface area contributed by atoms with Crippen LogP contribution in [0.25, 0.3) is 0 Å². The molecule has 1 aromatic heterocycles. The van der Waals surface area contributed by atoms with Gasteiger partial charge in [-0.3, -0.25) is 0 Å². The summed E-state index contributed by atoms with van der Waals surface area (Å²) in [5.74, 6) is 0.129. The summed E-state index contributed by atoms with van der Waals surface area (Å²) in [5.41, 5.74) is 0.602. The molecule has 0 amide bonds. The maximum Gasteiger partial charge on any atom is 0.241 e. The van der Waals surface area contributed by atoms with Crippen LogP contribution in [0.5, 0.6) is 0 Å². The van der Waals surface area contributed by atoms with Crippen molar-refractivity contribution < 1.29 is 12.8 Å². The van der Waals surface area contributed by atoms with Crippen LogP contribution in [0.1, 0.15) is 17.4 Å². The van der Waals surface area contributed by atoms with Crippen molar-refractivity contribution in [2.45, 2.75) is 10.9 Å². The molecule has 0 saturated carbocycles. The Morgan fingerprint density at radius 3 is 2.33 bits per heavy atom. The van der Waals surface area contributed by atoms with Crippen molar-refractivity contribution in [1.82, 2.24) is 14.3 Å². The number of benzene rings is 2. The first-order chi connectivity index (χ1) is 11.5. The van der Waals surface area contributed by atoms with Crippen LogP contribution < -0.4 is 4.72 Å². The molecule has 1 heterocycles. The molecule has 7 heteroatoms. The molecule has 0 aliphatic carbocycles. The first-order valence-electron chi connectivity index (χ1n) is 7.27. The van der Waals surface area contributed by atoms with Crippen molar-refractivity contribution in [3.05, 3.63) is 84.2 Å². The molecule has 0 saturated heterocycles. The van der Waals surface area contributed by atoms with Gasteiger partial charge in [0.15, 0.2) is 0 Å². The number of aryl methyl sites for hydroxylation is 1. The van der Waals surface area contributed by atoms with E-state index >= 15 is 0 Å². The van der Waals surface area contributed by atoms with Crippen LogP contribution in [-0.2, 0) is 17.1 Å². The van der Waals surface area contributed by atoms with E-state index in [1.165, 1.54) is 24.3 Å². The van der Waals surface area contributed by atoms with E-state index in [1.807, 2.05) is 0 Å². The highest BCUT2D eigenvalue weighted by Crippen LogP contribution is 2.23. The molecule has 0 aliphatic heterocycles. The van der Waals surface area contributed by atoms with E-state index < -0.39 is 16.1 Å². The number of nitrogens with one attached hydrogen (secondary N) is 1. The Labute approximate surface area is 139 Å². The van der Waals surface area contributed by atoms with Crippen molar-refractivity contribution in [3.63, 3.8) is 0 Å². The summed E-state index contributed by atoms with van der Waals surface area (Å²) in [6.07, 6.45) is 3.31. The molecule has 0 aliphatic rings. The fraction of sp³-hybridized carbons (Fsp3) is 0.118. The lowest BCUT2D eigenvalue weighted by atomic mass is 10.1. The standard InChI is InChI=1S/C17H16FN3O2S/c1-21-12-11-19-17(21)16(13-7-9-14(18)10-8-13)20-24(22,23)15-5-3-2-4-6-15/h2-12,16,20H,1H3/t16-/m1/s1. The molecule has 24 heavy (non-hydrogen) atoms. The molecule has 0 spiro atoms. The zero-order chi connectivity index (χ0) is 17.2. The number of aromatic nitrogens is 2. The number of hydrogen-bond donors (Lipinski definition) is 1. The van der Waals surface area contributed by atoms with Gasteiger partial charge in [-0.05, 0) is 29.8 Å². The van der Waals surface area contributed by atoms with Crippen molar-refractivity contribution >= 4 is 10.0 Å². The summed E-state index contributed by atoms with van der Waals surface area (Å²) in [7, 11) is -1.98. The average Bonchev–Trinajstić information content (AvgIpc) is 3.00. The quantitative estimate of drug-likeness (QED) is 0.773. The van der Waals surface area contributed by atoms with Gasteiger partial charge in [0.05, 0.1) is 4.90 Å². The summed E-state index contributed by atoms with van der Waals surface area (Å²) in [6, 6.07) is 13.0. The summed E-state index contributed by atoms with van der Waals surface area (Å²) in [4.78, 5) is 4.39. The van der Waals surface area contributed by atoms with E-state index in [4.69, 9.17) is 0 Å². The van der Waals surface area contributed by atoms with Gasteiger partial charge in [0.25, 0.3) is 0 Å². The Kier molecular flexibility index (Phi) is 4.46. The lowest BCUT2D eigenvalue weighted by Gasteiger charge is -2.19. The maximum absolute atomic E-state index is 13.2. The van der Waals surface area contributed by atoms with Crippen LogP contribution >= 0.6 is 0 Å². The molecule has 0 unspecified atom stereocenters. The van der Waals surface area contributed by atoms with E-state index in [0.717, 1.165) is 0 Å². The normalized spacial score (nSPS) is 12.9. The molecule has 1 atom stereocenters. The van der Waals surface area contributed by atoms with Crippen LogP contribution in [0.3, 0.4) is 0 Å². The van der Waals surface area contributed by atoms with Gasteiger partial charge in [-0.15, -0.1) is 0 Å². The lowest BCUT2D eigenvalue weighted by molar-refractivity contribution is 0.562. The Morgan fingerprint density at radius 1 is 1.08 bits per heavy atom. The zero-order valence-electron chi connectivity index (χ0n) is 12.9. The van der Waals surface area contributed by atoms with Crippen molar-refractivity contribution in [2.75, 3.05) is 0 Å². The zero-order valence-corrected chi connectivity index (χ0v) is 13.7. The smallest absolute Gasteiger partial charge is 0.241 e. The van der Waals surface area contributed by atoms with Gasteiger partial charge in [-0.1, -0.05) is 30.3 Å². The summed E-state index contributed by atoms with van der Waals surface area (Å²) in [6.45, 7) is 0. The summed E-state index contributed by atoms with van der Waals surface area (Å²) in [5, 5.41) is 0. The molecule has 2 aromatic carbocycles. The third-order valence-corrected chi connectivity index (χ3v) is 5.09. The van der Waals surface area contributed by atoms with Crippen LogP contribution in [0.4, 0.5) is 4.39 Å². The highest BCUT2D eigenvalue weighted by atomic mass is 32.2. The monoisotopic (exact) mass is 345 g/mol. The molecular weight excluding hydrogens is 329 g/mol. The van der Waals surface area contributed by atoms with Crippen molar-refractivity contribution in [1.29, 1.82) is 0 Å². The number of imidazole rings is 1. The molecule has 0 fully saturated rings. The van der Waals surface area contributed by atoms with E-state index in [9.17, 15) is 12.8 Å². The fourth-order valence-electron chi connectivity index (χ4n) is 2.40. The Morgan fingerprint density at radius 2 is 1.75 bits per heavy atom. The fourth-order valence-corrected chi connectivity index (χ4v) is 3.61. The SMILES string of the molecule is Cn1ccnc1[C@H](NS(=O)(=O)c1ccccc1)c1ccc(F)cc1. The summed E-state index contributed by atoms with van der Waals surface area (Å²) >= 11 is 0. The first-order valence-corrected chi connectivity index (χ1v) is 8.76. The lowest BCUT2D eigenvalue weighted by Crippen LogP contribution is -2.31. The maximum atomic E-state index is 13.2. The van der Waals surface area contributed by atoms with E-state index in [-0.39, 0.29) is 10.7 Å². The second-order valence-corrected chi connectivity index (χ2v) is 7.03. The van der Waals surface area contributed by atoms with Crippen molar-refractivity contribution in [2.24, 2.45) is 7.05 Å². The Bertz CT molecular complexity index is 922. The van der Waals surface area contributed by atoms with Gasteiger partial charge < -0.3 is 4.57 Å². The number of hydrogen-bond acceptors (Lipinski definition) is 3. The van der Waals surface area contributed by atoms with Gasteiger partial charge in [0, 0.05) is 19.4 Å². The number of halogens is 1. The second-order valence-electron chi connectivity index (χ2n) is 5.32. The van der Waals surface area contributed by atoms with Gasteiger partial charge in [-0.25, -0.2) is 17.8 Å². The largest absolute Gasteiger partial charge is 0.336 e. The van der Waals surface area contributed by atoms with Crippen LogP contribution in [0, 0.1) is 5.82 Å². The third kappa shape index (κ3) is 3.37. The van der Waals surface area contributed by atoms with Crippen LogP contribution in [-0.4, -0.2) is 18.0 Å². The van der Waals surface area contributed by atoms with Gasteiger partial charge >= 0.3 is 0 Å². The number of sulfonamides is 1.